The molecule has 1 fully saturated rings. The quantitative estimate of drug-likeness (QED) is 0.740. The van der Waals surface area contributed by atoms with Crippen molar-refractivity contribution in [2.45, 2.75) is 49.3 Å². The van der Waals surface area contributed by atoms with Crippen LogP contribution >= 0.6 is 0 Å². The van der Waals surface area contributed by atoms with Crippen LogP contribution in [0.15, 0.2) is 46.2 Å². The van der Waals surface area contributed by atoms with E-state index in [-0.39, 0.29) is 4.90 Å². The lowest BCUT2D eigenvalue weighted by molar-refractivity contribution is 0.346. The van der Waals surface area contributed by atoms with Crippen LogP contribution in [0.2, 0.25) is 0 Å². The minimum absolute atomic E-state index is 0.254. The summed E-state index contributed by atoms with van der Waals surface area (Å²) in [5.74, 6) is 0. The van der Waals surface area contributed by atoms with Crippen LogP contribution in [0.4, 0.5) is 5.69 Å². The molecule has 0 amide bonds. The van der Waals surface area contributed by atoms with E-state index in [0.717, 1.165) is 30.4 Å². The number of sulfonamides is 2. The molecule has 0 aromatic heterocycles. The highest BCUT2D eigenvalue weighted by Crippen LogP contribution is 2.36. The first-order chi connectivity index (χ1) is 13.7. The van der Waals surface area contributed by atoms with Crippen molar-refractivity contribution < 1.29 is 16.8 Å². The summed E-state index contributed by atoms with van der Waals surface area (Å²) in [6.07, 6.45) is 3.32. The Hall–Kier alpha value is -1.90. The van der Waals surface area contributed by atoms with E-state index in [1.165, 1.54) is 8.61 Å². The van der Waals surface area contributed by atoms with Gasteiger partial charge in [-0.25, -0.2) is 16.8 Å². The van der Waals surface area contributed by atoms with Gasteiger partial charge in [0.05, 0.1) is 15.5 Å². The van der Waals surface area contributed by atoms with Gasteiger partial charge in [-0.15, -0.1) is 0 Å². The maximum Gasteiger partial charge on any atom is 0.264 e. The molecule has 0 unspecified atom stereocenters. The third kappa shape index (κ3) is 3.58. The van der Waals surface area contributed by atoms with Crippen LogP contribution in [0, 0.1) is 13.8 Å². The molecular formula is C21H26N2O4S2. The molecule has 1 saturated heterocycles. The summed E-state index contributed by atoms with van der Waals surface area (Å²) < 4.78 is 55.4. The summed E-state index contributed by atoms with van der Waals surface area (Å²) in [5, 5.41) is 0. The van der Waals surface area contributed by atoms with E-state index in [1.807, 2.05) is 13.0 Å². The van der Waals surface area contributed by atoms with Gasteiger partial charge in [-0.1, -0.05) is 24.1 Å². The van der Waals surface area contributed by atoms with Gasteiger partial charge in [0, 0.05) is 19.6 Å². The Kier molecular flexibility index (Phi) is 5.21. The highest BCUT2D eigenvalue weighted by Gasteiger charge is 2.34. The minimum atomic E-state index is -3.69. The zero-order valence-corrected chi connectivity index (χ0v) is 18.4. The number of aryl methyl sites for hydroxylation is 2. The number of hydrogen-bond donors (Lipinski definition) is 0. The molecule has 8 heteroatoms. The molecule has 29 heavy (non-hydrogen) atoms. The lowest BCUT2D eigenvalue weighted by Crippen LogP contribution is -2.35. The zero-order valence-electron chi connectivity index (χ0n) is 16.8. The van der Waals surface area contributed by atoms with Crippen molar-refractivity contribution >= 4 is 25.7 Å². The van der Waals surface area contributed by atoms with Gasteiger partial charge >= 0.3 is 0 Å². The van der Waals surface area contributed by atoms with Crippen LogP contribution in [0.25, 0.3) is 0 Å². The normalized spacial score (nSPS) is 18.1. The Bertz CT molecular complexity index is 1150. The van der Waals surface area contributed by atoms with Gasteiger partial charge in [-0.2, -0.15) is 4.31 Å². The topological polar surface area (TPSA) is 74.8 Å². The van der Waals surface area contributed by atoms with Crippen LogP contribution in [-0.2, 0) is 26.5 Å². The van der Waals surface area contributed by atoms with Gasteiger partial charge in [0.15, 0.2) is 0 Å². The molecule has 2 heterocycles. The van der Waals surface area contributed by atoms with Crippen molar-refractivity contribution in [3.63, 3.8) is 0 Å². The maximum absolute atomic E-state index is 13.3. The van der Waals surface area contributed by atoms with Crippen molar-refractivity contribution in [3.8, 4) is 0 Å². The number of benzene rings is 2. The van der Waals surface area contributed by atoms with Crippen LogP contribution < -0.4 is 4.31 Å². The first-order valence-electron chi connectivity index (χ1n) is 9.94. The highest BCUT2D eigenvalue weighted by atomic mass is 32.2. The first kappa shape index (κ1) is 20.4. The average molecular weight is 435 g/mol. The van der Waals surface area contributed by atoms with Crippen molar-refractivity contribution in [1.29, 1.82) is 0 Å². The maximum atomic E-state index is 13.3. The molecule has 2 aliphatic heterocycles. The fourth-order valence-corrected chi connectivity index (χ4v) is 7.50. The molecule has 6 nitrogen and oxygen atoms in total. The summed E-state index contributed by atoms with van der Waals surface area (Å²) >= 11 is 0. The van der Waals surface area contributed by atoms with E-state index in [9.17, 15) is 16.8 Å². The molecule has 2 aliphatic rings. The third-order valence-electron chi connectivity index (χ3n) is 5.76. The van der Waals surface area contributed by atoms with E-state index >= 15 is 0 Å². The molecule has 0 bridgehead atoms. The lowest BCUT2D eigenvalue weighted by atomic mass is 10.2. The largest absolute Gasteiger partial charge is 0.266 e. The molecule has 0 saturated carbocycles. The molecule has 0 radical (unpaired) electrons. The van der Waals surface area contributed by atoms with E-state index in [4.69, 9.17) is 0 Å². The first-order valence-corrected chi connectivity index (χ1v) is 12.8. The molecule has 0 aliphatic carbocycles. The standard InChI is InChI=1S/C21H26N2O4S2/c1-16-6-9-21(17(2)14-16)29(26,27)23-13-10-18-15-19(7-8-20(18)23)28(24,25)22-11-4-3-5-12-22/h6-9,14-15H,3-5,10-13H2,1-2H3. The van der Waals surface area contributed by atoms with Gasteiger partial charge in [0.25, 0.3) is 10.0 Å². The van der Waals surface area contributed by atoms with Gasteiger partial charge < -0.3 is 0 Å². The van der Waals surface area contributed by atoms with Crippen LogP contribution in [0.3, 0.4) is 0 Å². The van der Waals surface area contributed by atoms with E-state index in [0.29, 0.717) is 42.2 Å². The minimum Gasteiger partial charge on any atom is -0.266 e. The van der Waals surface area contributed by atoms with E-state index < -0.39 is 20.0 Å². The van der Waals surface area contributed by atoms with Gasteiger partial charge in [0.2, 0.25) is 10.0 Å². The predicted octanol–water partition coefficient (Wildman–Crippen LogP) is 3.23. The second kappa shape index (κ2) is 7.41. The third-order valence-corrected chi connectivity index (χ3v) is 9.62. The predicted molar refractivity (Wildman–Crippen MR) is 113 cm³/mol. The Balaban J connectivity index is 1.68. The number of piperidine rings is 1. The van der Waals surface area contributed by atoms with Crippen LogP contribution in [0.1, 0.15) is 36.0 Å². The number of nitrogens with zero attached hydrogens (tertiary/aromatic N) is 2. The smallest absolute Gasteiger partial charge is 0.264 e. The number of anilines is 1. The summed E-state index contributed by atoms with van der Waals surface area (Å²) in [5.41, 5.74) is 3.05. The monoisotopic (exact) mass is 434 g/mol. The number of rotatable bonds is 4. The Morgan fingerprint density at radius 2 is 1.52 bits per heavy atom. The van der Waals surface area contributed by atoms with Gasteiger partial charge in [-0.05, 0) is 68.5 Å². The molecule has 4 rings (SSSR count). The van der Waals surface area contributed by atoms with Crippen molar-refractivity contribution in [2.24, 2.45) is 0 Å². The highest BCUT2D eigenvalue weighted by molar-refractivity contribution is 7.93. The second-order valence-corrected chi connectivity index (χ2v) is 11.6. The summed E-state index contributed by atoms with van der Waals surface area (Å²) in [7, 11) is -7.23. The van der Waals surface area contributed by atoms with E-state index in [1.54, 1.807) is 37.3 Å². The molecule has 0 N–H and O–H groups in total. The van der Waals surface area contributed by atoms with Crippen LogP contribution in [-0.4, -0.2) is 40.8 Å². The molecule has 0 spiro atoms. The van der Waals surface area contributed by atoms with Crippen LogP contribution in [0.5, 0.6) is 0 Å². The fourth-order valence-electron chi connectivity index (χ4n) is 4.22. The summed E-state index contributed by atoms with van der Waals surface area (Å²) in [4.78, 5) is 0.546. The molecule has 2 aromatic carbocycles. The summed E-state index contributed by atoms with van der Waals surface area (Å²) in [6, 6.07) is 10.1. The lowest BCUT2D eigenvalue weighted by Gasteiger charge is -2.26. The Labute approximate surface area is 173 Å². The Morgan fingerprint density at radius 3 is 2.21 bits per heavy atom. The van der Waals surface area contributed by atoms with Crippen molar-refractivity contribution in [3.05, 3.63) is 53.1 Å². The fraction of sp³-hybridized carbons (Fsp3) is 0.429. The van der Waals surface area contributed by atoms with Gasteiger partial charge in [0.1, 0.15) is 0 Å². The second-order valence-electron chi connectivity index (χ2n) is 7.85. The van der Waals surface area contributed by atoms with Crippen molar-refractivity contribution in [1.82, 2.24) is 4.31 Å². The average Bonchev–Trinajstić information content (AvgIpc) is 3.12. The SMILES string of the molecule is Cc1ccc(S(=O)(=O)N2CCc3cc(S(=O)(=O)N4CCCCC4)ccc32)c(C)c1. The van der Waals surface area contributed by atoms with Gasteiger partial charge in [-0.3, -0.25) is 4.31 Å². The molecular weight excluding hydrogens is 408 g/mol. The number of hydrogen-bond acceptors (Lipinski definition) is 4. The van der Waals surface area contributed by atoms with E-state index in [2.05, 4.69) is 0 Å². The molecule has 2 aromatic rings. The van der Waals surface area contributed by atoms with Crippen molar-refractivity contribution in [2.75, 3.05) is 23.9 Å². The molecule has 0 atom stereocenters. The summed E-state index contributed by atoms with van der Waals surface area (Å²) in [6.45, 7) is 5.14. The Morgan fingerprint density at radius 1 is 0.793 bits per heavy atom. The number of fused-ring (bicyclic) bond motifs is 1. The molecule has 156 valence electrons. The zero-order chi connectivity index (χ0) is 20.8.